The maximum Gasteiger partial charge on any atom is -0.114 e. The van der Waals surface area contributed by atoms with E-state index in [2.05, 4.69) is 0 Å². The van der Waals surface area contributed by atoms with Gasteiger partial charge in [0, 0.05) is 0 Å². The Hall–Kier alpha value is 9.56. The average Bonchev–Trinajstić information content (AvgIpc) is 0. The fourth-order valence-electron chi connectivity index (χ4n) is 0. The predicted molar refractivity (Wildman–Crippen MR) is 211 cm³/mol. The molecule has 3 N–H and O–H groups in total. The van der Waals surface area contributed by atoms with Crippen LogP contribution in [0.2, 0.25) is 0 Å². The van der Waals surface area contributed by atoms with E-state index in [9.17, 15) is 0 Å². The summed E-state index contributed by atoms with van der Waals surface area (Å²) in [6.07, 6.45) is 0. The van der Waals surface area contributed by atoms with Gasteiger partial charge in [0.05, 0.1) is 0 Å². The second-order valence-corrected chi connectivity index (χ2v) is 0. The van der Waals surface area contributed by atoms with Gasteiger partial charge in [0.2, 0.25) is 0 Å². The van der Waals surface area contributed by atoms with Crippen molar-refractivity contribution in [3.63, 3.8) is 0 Å². The van der Waals surface area contributed by atoms with E-state index in [1.165, 1.54) is 0 Å². The van der Waals surface area contributed by atoms with Crippen LogP contribution in [0.3, 0.4) is 0 Å². The van der Waals surface area contributed by atoms with Crippen molar-refractivity contribution in [1.82, 2.24) is 6.15 Å². The number of halogens is 20. The van der Waals surface area contributed by atoms with Gasteiger partial charge in [0.25, 0.3) is 0 Å². The van der Waals surface area contributed by atoms with Crippen LogP contribution in [0.25, 0.3) is 0 Å². The van der Waals surface area contributed by atoms with Gasteiger partial charge in [-0.25, -0.2) is 0 Å². The van der Waals surface area contributed by atoms with E-state index in [0.29, 0.717) is 0 Å². The second-order valence-electron chi connectivity index (χ2n) is 0. The smallest absolute Gasteiger partial charge is 0.114 e. The molecule has 0 radical (unpaired) electrons. The van der Waals surface area contributed by atoms with E-state index >= 15 is 0 Å². The van der Waals surface area contributed by atoms with Gasteiger partial charge < -0.3 is 6.15 Å². The minimum Gasteiger partial charge on any atom is -0.344 e. The van der Waals surface area contributed by atoms with Gasteiger partial charge in [-0.05, 0) is 0 Å². The molecule has 0 rings (SSSR count). The minimum atomic E-state index is 0. The summed E-state index contributed by atoms with van der Waals surface area (Å²) in [6, 6.07) is 0. The van der Waals surface area contributed by atoms with Gasteiger partial charge in [-0.1, -0.05) is 0 Å². The lowest BCUT2D eigenvalue weighted by Crippen LogP contribution is -0.481. The van der Waals surface area contributed by atoms with Crippen molar-refractivity contribution in [2.45, 2.75) is 0 Å². The molecule has 0 saturated heterocycles. The fraction of sp³-hybridized carbons (Fsp3) is 0. The summed E-state index contributed by atoms with van der Waals surface area (Å²) in [4.78, 5) is 0. The summed E-state index contributed by atoms with van der Waals surface area (Å²) in [6.45, 7) is 0. The van der Waals surface area contributed by atoms with Crippen molar-refractivity contribution in [2.75, 3.05) is 0 Å². The monoisotopic (exact) mass is 1620 g/mol. The Morgan fingerprint density at radius 1 is 0.0952 bits per heavy atom. The molecule has 0 atom stereocenters. The molecule has 21 heteroatoms. The van der Waals surface area contributed by atoms with E-state index in [1.54, 1.807) is 0 Å². The first-order chi connectivity index (χ1) is 0. The summed E-state index contributed by atoms with van der Waals surface area (Å²) in [5.74, 6) is 0. The standard InChI is InChI=1S/20BrH.H3N/h20*1H;1H3. The molecule has 0 unspecified atom stereocenters. The summed E-state index contributed by atoms with van der Waals surface area (Å²) in [5.41, 5.74) is 0. The third kappa shape index (κ3) is 246. The van der Waals surface area contributed by atoms with Gasteiger partial charge >= 0.3 is 0 Å². The third-order valence-corrected chi connectivity index (χ3v) is 0. The SMILES string of the molecule is Br.Br.Br.Br.Br.Br.Br.Br.Br.Br.Br.Br.Br.Br.Br.Br.Br.Br.Br.Br.N. The van der Waals surface area contributed by atoms with Crippen LogP contribution in [0.5, 0.6) is 0 Å². The maximum atomic E-state index is 0. The summed E-state index contributed by atoms with van der Waals surface area (Å²) in [7, 11) is 0. The van der Waals surface area contributed by atoms with Crippen LogP contribution in [-0.2, 0) is 0 Å². The Kier molecular flexibility index (Phi) is 3670. The van der Waals surface area contributed by atoms with E-state index in [0.717, 1.165) is 0 Å². The van der Waals surface area contributed by atoms with Crippen molar-refractivity contribution < 1.29 is 0 Å². The number of rotatable bonds is 0. The molecule has 0 fully saturated rings. The Morgan fingerprint density at radius 2 is 0.0952 bits per heavy atom. The Balaban J connectivity index is 0. The van der Waals surface area contributed by atoms with E-state index in [1.807, 2.05) is 0 Å². The molecule has 1 nitrogen and oxygen atoms in total. The molecule has 0 aliphatic carbocycles. The predicted octanol–water partition coefficient (Wildman–Crippen LogP) is 11.7. The average molecular weight is 1640 g/mol. The Bertz CT molecular complexity index is 5.80. The molecule has 0 aromatic heterocycles. The fourth-order valence-corrected chi connectivity index (χ4v) is 0. The highest BCUT2D eigenvalue weighted by molar-refractivity contribution is 8.95. The first-order valence-corrected chi connectivity index (χ1v) is 0. The Morgan fingerprint density at radius 3 is 0.0952 bits per heavy atom. The Labute approximate surface area is 338 Å². The summed E-state index contributed by atoms with van der Waals surface area (Å²) < 4.78 is 0. The van der Waals surface area contributed by atoms with Gasteiger partial charge in [0.15, 0.2) is 0 Å². The molecule has 0 aliphatic heterocycles. The van der Waals surface area contributed by atoms with E-state index in [4.69, 9.17) is 0 Å². The number of hydrogen-bond donors (Lipinski definition) is 1. The molecular formula is H23Br20N. The first kappa shape index (κ1) is 292. The number of hydrogen-bond acceptors (Lipinski definition) is 1. The van der Waals surface area contributed by atoms with Crippen molar-refractivity contribution in [2.24, 2.45) is 0 Å². The molecule has 168 valence electrons. The maximum absolute atomic E-state index is 0. The van der Waals surface area contributed by atoms with Crippen LogP contribution in [0.4, 0.5) is 0 Å². The van der Waals surface area contributed by atoms with Crippen LogP contribution in [0.15, 0.2) is 0 Å². The molecule has 21 heavy (non-hydrogen) atoms. The van der Waals surface area contributed by atoms with Gasteiger partial charge in [-0.15, -0.1) is 340 Å². The van der Waals surface area contributed by atoms with Crippen molar-refractivity contribution in [3.8, 4) is 0 Å². The summed E-state index contributed by atoms with van der Waals surface area (Å²) in [5, 5.41) is 0. The lowest BCUT2D eigenvalue weighted by Gasteiger charge is -0.344. The van der Waals surface area contributed by atoms with Gasteiger partial charge in [-0.3, -0.25) is 0 Å². The minimum absolute atomic E-state index is 0. The zero-order chi connectivity index (χ0) is 0. The largest absolute Gasteiger partial charge is 0.344 e. The molecule has 0 aromatic carbocycles. The molecule has 0 saturated carbocycles. The molecule has 0 heterocycles. The van der Waals surface area contributed by atoms with Crippen LogP contribution in [0, 0.1) is 0 Å². The highest BCUT2D eigenvalue weighted by Gasteiger charge is -0.0945. The van der Waals surface area contributed by atoms with Crippen LogP contribution >= 0.6 is 340 Å². The molecular weight excluding hydrogens is 1610 g/mol. The lowest BCUT2D eigenvalue weighted by molar-refractivity contribution is 2.13. The van der Waals surface area contributed by atoms with Crippen LogP contribution < -0.4 is 6.15 Å². The highest BCUT2D eigenvalue weighted by Crippen LogP contribution is 0.865. The molecule has 0 amide bonds. The molecule has 0 aromatic rings. The zero-order valence-corrected chi connectivity index (χ0v) is 43.1. The molecule has 0 aliphatic rings. The topological polar surface area (TPSA) is 35.0 Å². The molecule has 0 spiro atoms. The van der Waals surface area contributed by atoms with Crippen molar-refractivity contribution >= 4 is 340 Å². The van der Waals surface area contributed by atoms with Crippen LogP contribution in [-0.4, -0.2) is 0 Å². The summed E-state index contributed by atoms with van der Waals surface area (Å²) >= 11 is 0. The van der Waals surface area contributed by atoms with E-state index < -0.39 is 0 Å². The van der Waals surface area contributed by atoms with Crippen molar-refractivity contribution in [3.05, 3.63) is 0 Å². The van der Waals surface area contributed by atoms with Crippen LogP contribution in [0.1, 0.15) is 0 Å². The normalized spacial score (nSPS) is 0. The highest BCUT2D eigenvalue weighted by atomic mass is 79.9. The molecule has 0 bridgehead atoms. The zero-order valence-electron chi connectivity index (χ0n) is 8.87. The van der Waals surface area contributed by atoms with Crippen molar-refractivity contribution in [1.29, 1.82) is 0 Å². The lowest BCUT2D eigenvalue weighted by atomic mass is 14.0. The first-order valence-electron chi connectivity index (χ1n) is 0. The third-order valence-electron chi connectivity index (χ3n) is 0. The quantitative estimate of drug-likeness (QED) is 0.258. The van der Waals surface area contributed by atoms with E-state index in [-0.39, 0.29) is 346 Å². The second kappa shape index (κ2) is 264. The van der Waals surface area contributed by atoms with Gasteiger partial charge in [-0.2, -0.15) is 0 Å². The van der Waals surface area contributed by atoms with Gasteiger partial charge in [0.1, 0.15) is 0 Å².